The van der Waals surface area contributed by atoms with Gasteiger partial charge < -0.3 is 10.6 Å². The number of non-ortho nitro benzene ring substituents is 1. The van der Waals surface area contributed by atoms with Gasteiger partial charge in [0.25, 0.3) is 11.6 Å². The molecule has 7 heteroatoms. The number of carbonyl (C=O) groups excluding carboxylic acids is 2. The number of benzene rings is 3. The second-order valence-corrected chi connectivity index (χ2v) is 6.07. The van der Waals surface area contributed by atoms with Crippen LogP contribution in [0.1, 0.15) is 15.9 Å². The molecule has 3 rings (SSSR count). The van der Waals surface area contributed by atoms with Crippen molar-refractivity contribution in [2.45, 2.75) is 0 Å². The zero-order valence-electron chi connectivity index (χ0n) is 15.2. The number of nitro groups is 1. The quantitative estimate of drug-likeness (QED) is 0.369. The topological polar surface area (TPSA) is 101 Å². The van der Waals surface area contributed by atoms with Crippen LogP contribution < -0.4 is 10.6 Å². The number of rotatable bonds is 6. The van der Waals surface area contributed by atoms with Crippen LogP contribution in [-0.4, -0.2) is 16.7 Å². The van der Waals surface area contributed by atoms with Crippen molar-refractivity contribution in [3.63, 3.8) is 0 Å². The van der Waals surface area contributed by atoms with Crippen LogP contribution in [0.5, 0.6) is 0 Å². The Labute approximate surface area is 166 Å². The third-order valence-electron chi connectivity index (χ3n) is 3.96. The highest BCUT2D eigenvalue weighted by atomic mass is 16.6. The molecule has 144 valence electrons. The number of anilines is 2. The molecule has 0 saturated heterocycles. The maximum absolute atomic E-state index is 12.2. The van der Waals surface area contributed by atoms with Crippen LogP contribution in [-0.2, 0) is 4.79 Å². The minimum Gasteiger partial charge on any atom is -0.322 e. The van der Waals surface area contributed by atoms with E-state index in [1.807, 2.05) is 6.07 Å². The summed E-state index contributed by atoms with van der Waals surface area (Å²) in [5, 5.41) is 16.1. The predicted molar refractivity (Wildman–Crippen MR) is 112 cm³/mol. The monoisotopic (exact) mass is 387 g/mol. The number of hydrogen-bond acceptors (Lipinski definition) is 4. The van der Waals surface area contributed by atoms with Gasteiger partial charge in [-0.2, -0.15) is 0 Å². The molecule has 0 fully saturated rings. The lowest BCUT2D eigenvalue weighted by molar-refractivity contribution is -0.384. The van der Waals surface area contributed by atoms with E-state index in [0.717, 1.165) is 0 Å². The van der Waals surface area contributed by atoms with Crippen LogP contribution in [0.25, 0.3) is 6.08 Å². The minimum atomic E-state index is -0.482. The first-order chi connectivity index (χ1) is 14.0. The number of nitro benzene ring substituents is 1. The fourth-order valence-corrected chi connectivity index (χ4v) is 2.53. The van der Waals surface area contributed by atoms with Gasteiger partial charge in [0, 0.05) is 35.1 Å². The molecule has 0 aliphatic heterocycles. The molecule has 3 aromatic rings. The molecule has 0 aromatic heterocycles. The molecule has 0 unspecified atom stereocenters. The summed E-state index contributed by atoms with van der Waals surface area (Å²) in [7, 11) is 0. The Morgan fingerprint density at radius 2 is 1.48 bits per heavy atom. The van der Waals surface area contributed by atoms with Crippen molar-refractivity contribution in [1.82, 2.24) is 0 Å². The fourth-order valence-electron chi connectivity index (χ4n) is 2.53. The van der Waals surface area contributed by atoms with Gasteiger partial charge in [-0.3, -0.25) is 19.7 Å². The molecule has 2 amide bonds. The van der Waals surface area contributed by atoms with Gasteiger partial charge in [0.2, 0.25) is 5.91 Å². The van der Waals surface area contributed by atoms with E-state index in [1.54, 1.807) is 66.7 Å². The largest absolute Gasteiger partial charge is 0.322 e. The van der Waals surface area contributed by atoms with Crippen molar-refractivity contribution in [3.05, 3.63) is 106 Å². The normalized spacial score (nSPS) is 10.5. The Balaban J connectivity index is 1.61. The zero-order valence-corrected chi connectivity index (χ0v) is 15.2. The van der Waals surface area contributed by atoms with Gasteiger partial charge in [-0.1, -0.05) is 24.3 Å². The average Bonchev–Trinajstić information content (AvgIpc) is 2.73. The van der Waals surface area contributed by atoms with E-state index in [2.05, 4.69) is 10.6 Å². The molecule has 0 spiro atoms. The predicted octanol–water partition coefficient (Wildman–Crippen LogP) is 4.50. The third-order valence-corrected chi connectivity index (χ3v) is 3.96. The van der Waals surface area contributed by atoms with Crippen molar-refractivity contribution < 1.29 is 14.5 Å². The highest BCUT2D eigenvalue weighted by Gasteiger charge is 2.06. The smallest absolute Gasteiger partial charge is 0.269 e. The summed E-state index contributed by atoms with van der Waals surface area (Å²) in [5.74, 6) is -0.609. The molecule has 7 nitrogen and oxygen atoms in total. The van der Waals surface area contributed by atoms with Crippen molar-refractivity contribution in [3.8, 4) is 0 Å². The Morgan fingerprint density at radius 3 is 2.14 bits per heavy atom. The molecule has 3 aromatic carbocycles. The first-order valence-corrected chi connectivity index (χ1v) is 8.71. The van der Waals surface area contributed by atoms with E-state index >= 15 is 0 Å². The summed E-state index contributed by atoms with van der Waals surface area (Å²) >= 11 is 0. The molecule has 0 aliphatic rings. The van der Waals surface area contributed by atoms with Crippen LogP contribution in [0.15, 0.2) is 84.9 Å². The van der Waals surface area contributed by atoms with Crippen LogP contribution >= 0.6 is 0 Å². The Bertz CT molecular complexity index is 1060. The van der Waals surface area contributed by atoms with Gasteiger partial charge in [0.15, 0.2) is 0 Å². The fraction of sp³-hybridized carbons (Fsp3) is 0. The van der Waals surface area contributed by atoms with Crippen LogP contribution in [0.2, 0.25) is 0 Å². The van der Waals surface area contributed by atoms with E-state index < -0.39 is 4.92 Å². The SMILES string of the molecule is O=C(/C=C/c1ccc([N+](=O)[O-])cc1)Nc1cccc(NC(=O)c2ccccc2)c1. The van der Waals surface area contributed by atoms with Crippen molar-refractivity contribution in [2.75, 3.05) is 10.6 Å². The van der Waals surface area contributed by atoms with Crippen LogP contribution in [0, 0.1) is 10.1 Å². The van der Waals surface area contributed by atoms with Crippen molar-refractivity contribution in [2.24, 2.45) is 0 Å². The van der Waals surface area contributed by atoms with E-state index in [4.69, 9.17) is 0 Å². The summed E-state index contributed by atoms with van der Waals surface area (Å²) in [6, 6.07) is 21.5. The lowest BCUT2D eigenvalue weighted by atomic mass is 10.2. The molecule has 0 radical (unpaired) electrons. The van der Waals surface area contributed by atoms with Gasteiger partial charge in [-0.25, -0.2) is 0 Å². The molecule has 0 atom stereocenters. The van der Waals surface area contributed by atoms with E-state index in [0.29, 0.717) is 22.5 Å². The average molecular weight is 387 g/mol. The molecule has 0 aliphatic carbocycles. The van der Waals surface area contributed by atoms with E-state index in [1.165, 1.54) is 18.2 Å². The molecular formula is C22H17N3O4. The van der Waals surface area contributed by atoms with Crippen LogP contribution in [0.4, 0.5) is 17.1 Å². The highest BCUT2D eigenvalue weighted by Crippen LogP contribution is 2.17. The Morgan fingerprint density at radius 1 is 0.828 bits per heavy atom. The molecule has 0 saturated carbocycles. The minimum absolute atomic E-state index is 0.0130. The second-order valence-electron chi connectivity index (χ2n) is 6.07. The summed E-state index contributed by atoms with van der Waals surface area (Å²) in [5.41, 5.74) is 2.26. The van der Waals surface area contributed by atoms with Gasteiger partial charge >= 0.3 is 0 Å². The standard InChI is InChI=1S/C22H17N3O4/c26-21(14-11-16-9-12-20(13-10-16)25(28)29)23-18-7-4-8-19(15-18)24-22(27)17-5-2-1-3-6-17/h1-15H,(H,23,26)(H,24,27)/b14-11+. The maximum Gasteiger partial charge on any atom is 0.269 e. The van der Waals surface area contributed by atoms with E-state index in [9.17, 15) is 19.7 Å². The first kappa shape index (κ1) is 19.5. The Kier molecular flexibility index (Phi) is 6.12. The summed E-state index contributed by atoms with van der Waals surface area (Å²) < 4.78 is 0. The highest BCUT2D eigenvalue weighted by molar-refractivity contribution is 6.05. The lowest BCUT2D eigenvalue weighted by Gasteiger charge is -2.08. The van der Waals surface area contributed by atoms with Gasteiger partial charge in [-0.15, -0.1) is 0 Å². The van der Waals surface area contributed by atoms with Gasteiger partial charge in [-0.05, 0) is 54.1 Å². The maximum atomic E-state index is 12.2. The summed E-state index contributed by atoms with van der Waals surface area (Å²) in [6.07, 6.45) is 2.89. The number of carbonyl (C=O) groups is 2. The molecule has 0 bridgehead atoms. The molecule has 0 heterocycles. The number of nitrogens with zero attached hydrogens (tertiary/aromatic N) is 1. The van der Waals surface area contributed by atoms with Gasteiger partial charge in [0.1, 0.15) is 0 Å². The number of amides is 2. The Hall–Kier alpha value is -4.26. The van der Waals surface area contributed by atoms with Crippen molar-refractivity contribution in [1.29, 1.82) is 0 Å². The molecule has 2 N–H and O–H groups in total. The summed E-state index contributed by atoms with van der Waals surface area (Å²) in [6.45, 7) is 0. The van der Waals surface area contributed by atoms with Crippen molar-refractivity contribution >= 4 is 35.0 Å². The number of hydrogen-bond donors (Lipinski definition) is 2. The van der Waals surface area contributed by atoms with Crippen LogP contribution in [0.3, 0.4) is 0 Å². The molecular weight excluding hydrogens is 370 g/mol. The molecule has 29 heavy (non-hydrogen) atoms. The summed E-state index contributed by atoms with van der Waals surface area (Å²) in [4.78, 5) is 34.5. The zero-order chi connectivity index (χ0) is 20.6. The second kappa shape index (κ2) is 9.09. The lowest BCUT2D eigenvalue weighted by Crippen LogP contribution is -2.12. The third kappa shape index (κ3) is 5.61. The van der Waals surface area contributed by atoms with E-state index in [-0.39, 0.29) is 17.5 Å². The van der Waals surface area contributed by atoms with Gasteiger partial charge in [0.05, 0.1) is 4.92 Å². The first-order valence-electron chi connectivity index (χ1n) is 8.71. The number of nitrogens with one attached hydrogen (secondary N) is 2.